The first-order chi connectivity index (χ1) is 11.4. The van der Waals surface area contributed by atoms with E-state index in [9.17, 15) is 18.5 Å². The van der Waals surface area contributed by atoms with Crippen molar-refractivity contribution in [3.63, 3.8) is 0 Å². The number of fused-ring (bicyclic) bond motifs is 1. The zero-order chi connectivity index (χ0) is 17.3. The van der Waals surface area contributed by atoms with Gasteiger partial charge in [-0.2, -0.15) is 4.31 Å². The Hall–Kier alpha value is -1.81. The molecule has 1 aliphatic heterocycles. The number of piperidine rings is 1. The van der Waals surface area contributed by atoms with E-state index in [2.05, 4.69) is 10.3 Å². The van der Waals surface area contributed by atoms with Crippen molar-refractivity contribution in [2.45, 2.75) is 23.8 Å². The van der Waals surface area contributed by atoms with Crippen LogP contribution >= 0.6 is 12.4 Å². The lowest BCUT2D eigenvalue weighted by Gasteiger charge is -2.31. The van der Waals surface area contributed by atoms with Gasteiger partial charge in [0.1, 0.15) is 4.90 Å². The summed E-state index contributed by atoms with van der Waals surface area (Å²) in [4.78, 5) is 14.8. The third-order valence-electron chi connectivity index (χ3n) is 4.32. The maximum atomic E-state index is 13.0. The largest absolute Gasteiger partial charge is 0.316 e. The molecule has 136 valence electrons. The molecule has 1 saturated heterocycles. The molecule has 8 nitrogen and oxygen atoms in total. The predicted molar refractivity (Wildman–Crippen MR) is 96.5 cm³/mol. The van der Waals surface area contributed by atoms with Gasteiger partial charge in [-0.1, -0.05) is 0 Å². The van der Waals surface area contributed by atoms with Crippen LogP contribution in [0.3, 0.4) is 0 Å². The second-order valence-corrected chi connectivity index (χ2v) is 7.64. The summed E-state index contributed by atoms with van der Waals surface area (Å²) < 4.78 is 27.5. The summed E-state index contributed by atoms with van der Waals surface area (Å²) in [7, 11) is -1.96. The molecule has 0 radical (unpaired) electrons. The summed E-state index contributed by atoms with van der Waals surface area (Å²) in [6.07, 6.45) is 3.13. The molecule has 1 N–H and O–H groups in total. The first kappa shape index (κ1) is 19.5. The van der Waals surface area contributed by atoms with Crippen LogP contribution in [-0.2, 0) is 10.0 Å². The number of non-ortho nitro benzene ring substituents is 1. The van der Waals surface area contributed by atoms with Crippen LogP contribution in [0.1, 0.15) is 12.8 Å². The van der Waals surface area contributed by atoms with Gasteiger partial charge in [-0.05, 0) is 38.1 Å². The van der Waals surface area contributed by atoms with Gasteiger partial charge >= 0.3 is 0 Å². The Morgan fingerprint density at radius 1 is 1.36 bits per heavy atom. The quantitative estimate of drug-likeness (QED) is 0.635. The summed E-state index contributed by atoms with van der Waals surface area (Å²) in [5.41, 5.74) is -0.0120. The van der Waals surface area contributed by atoms with Crippen LogP contribution in [0.5, 0.6) is 0 Å². The van der Waals surface area contributed by atoms with E-state index >= 15 is 0 Å². The molecule has 1 fully saturated rings. The molecule has 2 heterocycles. The normalized spacial score (nSPS) is 18.7. The second kappa shape index (κ2) is 7.61. The van der Waals surface area contributed by atoms with Crippen LogP contribution in [-0.4, -0.2) is 48.8 Å². The van der Waals surface area contributed by atoms with E-state index in [1.165, 1.54) is 28.7 Å². The third kappa shape index (κ3) is 3.59. The second-order valence-electron chi connectivity index (χ2n) is 5.73. The predicted octanol–water partition coefficient (Wildman–Crippen LogP) is 1.94. The number of nitro benzene ring substituents is 1. The molecule has 0 saturated carbocycles. The number of aromatic nitrogens is 1. The van der Waals surface area contributed by atoms with Gasteiger partial charge in [-0.3, -0.25) is 15.1 Å². The van der Waals surface area contributed by atoms with E-state index < -0.39 is 14.9 Å². The first-order valence-electron chi connectivity index (χ1n) is 7.64. The van der Waals surface area contributed by atoms with Gasteiger partial charge in [0.25, 0.3) is 5.69 Å². The van der Waals surface area contributed by atoms with Crippen molar-refractivity contribution in [1.29, 1.82) is 0 Å². The lowest BCUT2D eigenvalue weighted by molar-refractivity contribution is -0.383. The minimum Gasteiger partial charge on any atom is -0.316 e. The van der Waals surface area contributed by atoms with Crippen LogP contribution in [0.4, 0.5) is 5.69 Å². The number of rotatable bonds is 4. The van der Waals surface area contributed by atoms with Crippen molar-refractivity contribution in [2.75, 3.05) is 20.1 Å². The zero-order valence-electron chi connectivity index (χ0n) is 13.6. The minimum absolute atomic E-state index is 0. The Bertz CT molecular complexity index is 890. The summed E-state index contributed by atoms with van der Waals surface area (Å²) >= 11 is 0. The number of nitro groups is 1. The summed E-state index contributed by atoms with van der Waals surface area (Å²) in [5, 5.41) is 14.5. The third-order valence-corrected chi connectivity index (χ3v) is 6.21. The van der Waals surface area contributed by atoms with E-state index in [1.54, 1.807) is 6.07 Å². The van der Waals surface area contributed by atoms with Crippen LogP contribution in [0.15, 0.2) is 35.4 Å². The van der Waals surface area contributed by atoms with Crippen LogP contribution < -0.4 is 5.32 Å². The van der Waals surface area contributed by atoms with Crippen molar-refractivity contribution in [1.82, 2.24) is 14.6 Å². The summed E-state index contributed by atoms with van der Waals surface area (Å²) in [6, 6.07) is 5.70. The van der Waals surface area contributed by atoms with Crippen molar-refractivity contribution in [3.8, 4) is 0 Å². The van der Waals surface area contributed by atoms with Crippen LogP contribution in [0.2, 0.25) is 0 Å². The number of halogens is 1. The number of sulfonamides is 1. The van der Waals surface area contributed by atoms with E-state index in [-0.39, 0.29) is 39.9 Å². The van der Waals surface area contributed by atoms with E-state index in [1.807, 2.05) is 7.05 Å². The molecule has 0 bridgehead atoms. The van der Waals surface area contributed by atoms with Gasteiger partial charge in [0.05, 0.1) is 15.8 Å². The maximum absolute atomic E-state index is 13.0. The SMILES string of the molecule is CNC1CCCN(S(=O)(=O)c2ccc([N+](=O)[O-])c3cccnc23)C1.Cl. The summed E-state index contributed by atoms with van der Waals surface area (Å²) in [5.74, 6) is 0. The standard InChI is InChI=1S/C15H18N4O4S.ClH/c1-16-11-4-3-9-18(10-11)24(22,23)14-7-6-13(19(20)21)12-5-2-8-17-15(12)14;/h2,5-8,11,16H,3-4,9-10H2,1H3;1H. The molecule has 1 aliphatic rings. The van der Waals surface area contributed by atoms with Gasteiger partial charge < -0.3 is 5.32 Å². The molecule has 3 rings (SSSR count). The fraction of sp³-hybridized carbons (Fsp3) is 0.400. The molecule has 10 heteroatoms. The average molecular weight is 387 g/mol. The fourth-order valence-electron chi connectivity index (χ4n) is 3.03. The maximum Gasteiger partial charge on any atom is 0.278 e. The lowest BCUT2D eigenvalue weighted by Crippen LogP contribution is -2.46. The van der Waals surface area contributed by atoms with Gasteiger partial charge in [-0.25, -0.2) is 8.42 Å². The van der Waals surface area contributed by atoms with Gasteiger partial charge in [0.15, 0.2) is 0 Å². The molecular weight excluding hydrogens is 368 g/mol. The smallest absolute Gasteiger partial charge is 0.278 e. The van der Waals surface area contributed by atoms with Crippen molar-refractivity contribution in [2.24, 2.45) is 0 Å². The fourth-order valence-corrected chi connectivity index (χ4v) is 4.71. The van der Waals surface area contributed by atoms with E-state index in [0.29, 0.717) is 13.1 Å². The van der Waals surface area contributed by atoms with E-state index in [4.69, 9.17) is 0 Å². The Kier molecular flexibility index (Phi) is 5.94. The van der Waals surface area contributed by atoms with Gasteiger partial charge in [-0.15, -0.1) is 12.4 Å². The highest BCUT2D eigenvalue weighted by atomic mass is 35.5. The minimum atomic E-state index is -3.77. The molecule has 0 aliphatic carbocycles. The van der Waals surface area contributed by atoms with Crippen LogP contribution in [0, 0.1) is 10.1 Å². The number of nitrogens with zero attached hydrogens (tertiary/aromatic N) is 3. The Morgan fingerprint density at radius 3 is 2.80 bits per heavy atom. The Labute approximate surface area is 151 Å². The number of likely N-dealkylation sites (N-methyl/N-ethyl adjacent to an activating group) is 1. The van der Waals surface area contributed by atoms with Gasteiger partial charge in [0.2, 0.25) is 10.0 Å². The molecular formula is C15H19ClN4O4S. The van der Waals surface area contributed by atoms with E-state index in [0.717, 1.165) is 12.8 Å². The number of pyridine rings is 1. The molecule has 1 atom stereocenters. The monoisotopic (exact) mass is 386 g/mol. The number of nitrogens with one attached hydrogen (secondary N) is 1. The molecule has 1 unspecified atom stereocenters. The molecule has 1 aromatic heterocycles. The van der Waals surface area contributed by atoms with Crippen molar-refractivity contribution in [3.05, 3.63) is 40.6 Å². The first-order valence-corrected chi connectivity index (χ1v) is 9.08. The topological polar surface area (TPSA) is 105 Å². The van der Waals surface area contributed by atoms with Gasteiger partial charge in [0, 0.05) is 31.4 Å². The van der Waals surface area contributed by atoms with Crippen molar-refractivity contribution >= 4 is 39.0 Å². The number of benzene rings is 1. The number of hydrogen-bond acceptors (Lipinski definition) is 6. The number of hydrogen-bond donors (Lipinski definition) is 1. The molecule has 0 spiro atoms. The van der Waals surface area contributed by atoms with Crippen LogP contribution in [0.25, 0.3) is 10.9 Å². The average Bonchev–Trinajstić information content (AvgIpc) is 2.60. The lowest BCUT2D eigenvalue weighted by atomic mass is 10.1. The highest BCUT2D eigenvalue weighted by Gasteiger charge is 2.32. The molecule has 1 aromatic carbocycles. The molecule has 2 aromatic rings. The van der Waals surface area contributed by atoms with Crippen molar-refractivity contribution < 1.29 is 13.3 Å². The highest BCUT2D eigenvalue weighted by Crippen LogP contribution is 2.31. The Morgan fingerprint density at radius 2 is 2.12 bits per heavy atom. The zero-order valence-corrected chi connectivity index (χ0v) is 15.2. The molecule has 0 amide bonds. The summed E-state index contributed by atoms with van der Waals surface area (Å²) in [6.45, 7) is 0.815. The molecule has 25 heavy (non-hydrogen) atoms. The highest BCUT2D eigenvalue weighted by molar-refractivity contribution is 7.89. The Balaban J connectivity index is 0.00000225.